The van der Waals surface area contributed by atoms with Crippen molar-refractivity contribution in [1.82, 2.24) is 19.8 Å². The average molecular weight is 391 g/mol. The molecule has 2 aromatic heterocycles. The normalized spacial score (nSPS) is 22.6. The third kappa shape index (κ3) is 3.88. The molecule has 2 aliphatic carbocycles. The molecule has 0 saturated heterocycles. The summed E-state index contributed by atoms with van der Waals surface area (Å²) in [6.45, 7) is 9.33. The van der Waals surface area contributed by atoms with Crippen LogP contribution in [0, 0.1) is 0 Å². The quantitative estimate of drug-likeness (QED) is 0.722. The Morgan fingerprint density at radius 3 is 1.73 bits per heavy atom. The molecular weight excluding hydrogens is 360 g/mol. The molecule has 0 radical (unpaired) electrons. The fourth-order valence-electron chi connectivity index (χ4n) is 4.64. The zero-order valence-electron chi connectivity index (χ0n) is 16.0. The minimum Gasteiger partial charge on any atom is -0.299 e. The van der Waals surface area contributed by atoms with E-state index in [2.05, 4.69) is 33.6 Å². The molecule has 4 rings (SSSR count). The lowest BCUT2D eigenvalue weighted by Gasteiger charge is -2.37. The van der Waals surface area contributed by atoms with Crippen LogP contribution in [0.3, 0.4) is 0 Å². The third-order valence-electron chi connectivity index (χ3n) is 6.24. The van der Waals surface area contributed by atoms with E-state index in [-0.39, 0.29) is 0 Å². The van der Waals surface area contributed by atoms with Gasteiger partial charge in [0.2, 0.25) is 0 Å². The maximum atomic E-state index is 4.53. The number of fused-ring (bicyclic) bond motifs is 2. The van der Waals surface area contributed by atoms with Crippen LogP contribution in [0.4, 0.5) is 0 Å². The number of rotatable bonds is 7. The summed E-state index contributed by atoms with van der Waals surface area (Å²) >= 11 is 3.70. The number of hydrogen-bond donors (Lipinski definition) is 0. The van der Waals surface area contributed by atoms with Crippen LogP contribution < -0.4 is 0 Å². The molecule has 2 aromatic rings. The summed E-state index contributed by atoms with van der Waals surface area (Å²) in [6, 6.07) is 1.40. The number of nitrogens with zero attached hydrogens (tertiary/aromatic N) is 4. The molecule has 4 nitrogen and oxygen atoms in total. The van der Waals surface area contributed by atoms with Crippen LogP contribution in [-0.2, 0) is 25.7 Å². The first-order valence-electron chi connectivity index (χ1n) is 10.1. The third-order valence-corrected chi connectivity index (χ3v) is 8.04. The van der Waals surface area contributed by atoms with E-state index in [9.17, 15) is 0 Å². The summed E-state index contributed by atoms with van der Waals surface area (Å²) in [6.07, 6.45) is 7.26. The number of thiazole rings is 2. The maximum absolute atomic E-state index is 4.53. The van der Waals surface area contributed by atoms with Gasteiger partial charge in [-0.1, -0.05) is 13.8 Å². The number of aromatic nitrogens is 2. The number of aryl methyl sites for hydroxylation is 2. The molecule has 2 heterocycles. The zero-order valence-corrected chi connectivity index (χ0v) is 17.6. The predicted octanol–water partition coefficient (Wildman–Crippen LogP) is 3.66. The van der Waals surface area contributed by atoms with Crippen molar-refractivity contribution >= 4 is 22.7 Å². The summed E-state index contributed by atoms with van der Waals surface area (Å²) in [4.78, 5) is 17.5. The van der Waals surface area contributed by atoms with Crippen LogP contribution in [0.15, 0.2) is 11.0 Å². The summed E-state index contributed by atoms with van der Waals surface area (Å²) in [5.74, 6) is 0. The Bertz CT molecular complexity index is 650. The molecule has 6 heteroatoms. The van der Waals surface area contributed by atoms with Crippen molar-refractivity contribution in [3.8, 4) is 0 Å². The van der Waals surface area contributed by atoms with Gasteiger partial charge in [0.15, 0.2) is 0 Å². The Morgan fingerprint density at radius 2 is 1.31 bits per heavy atom. The zero-order chi connectivity index (χ0) is 17.9. The van der Waals surface area contributed by atoms with Crippen LogP contribution in [-0.4, -0.2) is 58.0 Å². The highest BCUT2D eigenvalue weighted by atomic mass is 32.1. The van der Waals surface area contributed by atoms with Gasteiger partial charge in [-0.05, 0) is 51.6 Å². The largest absolute Gasteiger partial charge is 0.299 e. The van der Waals surface area contributed by atoms with Gasteiger partial charge in [-0.2, -0.15) is 0 Å². The first-order valence-corrected chi connectivity index (χ1v) is 11.8. The Kier molecular flexibility index (Phi) is 6.03. The molecule has 0 bridgehead atoms. The van der Waals surface area contributed by atoms with E-state index in [0.29, 0.717) is 12.1 Å². The van der Waals surface area contributed by atoms with Gasteiger partial charge >= 0.3 is 0 Å². The summed E-state index contributed by atoms with van der Waals surface area (Å²) in [7, 11) is 0. The minimum absolute atomic E-state index is 0.700. The fraction of sp³-hybridized carbons (Fsp3) is 0.700. The first kappa shape index (κ1) is 18.5. The van der Waals surface area contributed by atoms with Crippen LogP contribution in [0.1, 0.15) is 47.8 Å². The van der Waals surface area contributed by atoms with E-state index >= 15 is 0 Å². The lowest BCUT2D eigenvalue weighted by molar-refractivity contribution is 0.129. The monoisotopic (exact) mass is 390 g/mol. The maximum Gasteiger partial charge on any atom is 0.0797 e. The summed E-state index contributed by atoms with van der Waals surface area (Å²) in [5.41, 5.74) is 6.78. The Balaban J connectivity index is 1.34. The standard InChI is InChI=1S/C20H30N4S2/c1-3-23(15-5-7-17-19(11-15)25-13-21-17)9-10-24(4-2)16-6-8-18-20(12-16)26-14-22-18/h13-16H,3-12H2,1-2H3. The summed E-state index contributed by atoms with van der Waals surface area (Å²) < 4.78 is 0. The van der Waals surface area contributed by atoms with Gasteiger partial charge in [0, 0.05) is 34.9 Å². The molecule has 2 atom stereocenters. The topological polar surface area (TPSA) is 32.3 Å². The van der Waals surface area contributed by atoms with Gasteiger partial charge in [-0.3, -0.25) is 9.80 Å². The molecule has 0 fully saturated rings. The van der Waals surface area contributed by atoms with Gasteiger partial charge in [0.05, 0.1) is 22.4 Å². The van der Waals surface area contributed by atoms with E-state index < -0.39 is 0 Å². The van der Waals surface area contributed by atoms with E-state index in [1.807, 2.05) is 33.7 Å². The van der Waals surface area contributed by atoms with Crippen molar-refractivity contribution in [3.63, 3.8) is 0 Å². The smallest absolute Gasteiger partial charge is 0.0797 e. The van der Waals surface area contributed by atoms with Crippen molar-refractivity contribution in [2.75, 3.05) is 26.2 Å². The van der Waals surface area contributed by atoms with Gasteiger partial charge < -0.3 is 0 Å². The van der Waals surface area contributed by atoms with Crippen molar-refractivity contribution in [1.29, 1.82) is 0 Å². The van der Waals surface area contributed by atoms with E-state index in [1.54, 1.807) is 0 Å². The lowest BCUT2D eigenvalue weighted by Crippen LogP contribution is -2.46. The molecular formula is C20H30N4S2. The minimum atomic E-state index is 0.700. The van der Waals surface area contributed by atoms with Crippen LogP contribution in [0.5, 0.6) is 0 Å². The van der Waals surface area contributed by atoms with Crippen molar-refractivity contribution in [2.24, 2.45) is 0 Å². The molecule has 26 heavy (non-hydrogen) atoms. The SMILES string of the molecule is CCN(CCN(CC)C1CCc2ncsc2C1)C1CCc2ncsc2C1. The lowest BCUT2D eigenvalue weighted by atomic mass is 9.95. The second-order valence-corrected chi connectivity index (χ2v) is 9.37. The highest BCUT2D eigenvalue weighted by molar-refractivity contribution is 7.10. The van der Waals surface area contributed by atoms with E-state index in [1.165, 1.54) is 59.9 Å². The molecule has 0 aliphatic heterocycles. The number of hydrogen-bond acceptors (Lipinski definition) is 6. The second kappa shape index (κ2) is 8.46. The van der Waals surface area contributed by atoms with Crippen LogP contribution >= 0.6 is 22.7 Å². The Hall–Kier alpha value is -0.820. The van der Waals surface area contributed by atoms with Crippen molar-refractivity contribution in [3.05, 3.63) is 32.2 Å². The van der Waals surface area contributed by atoms with Crippen LogP contribution in [0.2, 0.25) is 0 Å². The molecule has 0 aromatic carbocycles. The number of likely N-dealkylation sites (N-methyl/N-ethyl adjacent to an activating group) is 2. The van der Waals surface area contributed by atoms with Crippen LogP contribution in [0.25, 0.3) is 0 Å². The molecule has 142 valence electrons. The Labute approximate surface area is 165 Å². The fourth-order valence-corrected chi connectivity index (χ4v) is 6.42. The van der Waals surface area contributed by atoms with Gasteiger partial charge in [0.25, 0.3) is 0 Å². The Morgan fingerprint density at radius 1 is 0.846 bits per heavy atom. The molecule has 0 spiro atoms. The van der Waals surface area contributed by atoms with Gasteiger partial charge in [-0.25, -0.2) is 9.97 Å². The summed E-state index contributed by atoms with van der Waals surface area (Å²) in [5, 5.41) is 0. The molecule has 0 N–H and O–H groups in total. The molecule has 2 aliphatic rings. The molecule has 0 amide bonds. The van der Waals surface area contributed by atoms with Crippen molar-refractivity contribution < 1.29 is 0 Å². The van der Waals surface area contributed by atoms with Gasteiger partial charge in [0.1, 0.15) is 0 Å². The molecule has 0 saturated carbocycles. The average Bonchev–Trinajstić information content (AvgIpc) is 3.33. The van der Waals surface area contributed by atoms with Crippen molar-refractivity contribution in [2.45, 2.75) is 64.5 Å². The van der Waals surface area contributed by atoms with E-state index in [0.717, 1.165) is 25.9 Å². The predicted molar refractivity (Wildman–Crippen MR) is 110 cm³/mol. The van der Waals surface area contributed by atoms with Gasteiger partial charge in [-0.15, -0.1) is 22.7 Å². The first-order chi connectivity index (χ1) is 12.8. The second-order valence-electron chi connectivity index (χ2n) is 7.49. The highest BCUT2D eigenvalue weighted by Crippen LogP contribution is 2.28. The highest BCUT2D eigenvalue weighted by Gasteiger charge is 2.28. The molecule has 2 unspecified atom stereocenters. The van der Waals surface area contributed by atoms with E-state index in [4.69, 9.17) is 0 Å².